The summed E-state index contributed by atoms with van der Waals surface area (Å²) in [6.45, 7) is 7.21. The van der Waals surface area contributed by atoms with Gasteiger partial charge in [0.1, 0.15) is 6.33 Å². The summed E-state index contributed by atoms with van der Waals surface area (Å²) in [6.07, 6.45) is 1.58. The first-order valence-electron chi connectivity index (χ1n) is 6.96. The Morgan fingerprint density at radius 2 is 1.95 bits per heavy atom. The van der Waals surface area contributed by atoms with Crippen LogP contribution in [-0.2, 0) is 0 Å². The van der Waals surface area contributed by atoms with Gasteiger partial charge in [-0.15, -0.1) is 0 Å². The molecule has 0 atom stereocenters. The van der Waals surface area contributed by atoms with Crippen LogP contribution in [0.3, 0.4) is 0 Å². The number of nitrogens with one attached hydrogen (secondary N) is 1. The van der Waals surface area contributed by atoms with Crippen molar-refractivity contribution in [2.75, 3.05) is 58.1 Å². The molecule has 1 rings (SSSR count). The van der Waals surface area contributed by atoms with Gasteiger partial charge in [-0.25, -0.2) is 9.97 Å². The van der Waals surface area contributed by atoms with E-state index in [0.29, 0.717) is 11.7 Å². The van der Waals surface area contributed by atoms with Crippen LogP contribution in [0.5, 0.6) is 5.75 Å². The normalized spacial score (nSPS) is 11.0. The molecule has 0 spiro atoms. The Balaban J connectivity index is 3.05. The Morgan fingerprint density at radius 3 is 2.45 bits per heavy atom. The first-order chi connectivity index (χ1) is 9.49. The molecule has 0 saturated heterocycles. The molecule has 1 heterocycles. The van der Waals surface area contributed by atoms with E-state index in [4.69, 9.17) is 4.74 Å². The number of nitrogens with zero attached hydrogens (tertiary/aromatic N) is 4. The van der Waals surface area contributed by atoms with E-state index < -0.39 is 0 Å². The van der Waals surface area contributed by atoms with Gasteiger partial charge in [-0.1, -0.05) is 13.8 Å². The minimum Gasteiger partial charge on any atom is -0.490 e. The second kappa shape index (κ2) is 7.89. The van der Waals surface area contributed by atoms with Crippen LogP contribution < -0.4 is 15.0 Å². The van der Waals surface area contributed by atoms with Crippen LogP contribution in [-0.4, -0.2) is 62.8 Å². The summed E-state index contributed by atoms with van der Waals surface area (Å²) >= 11 is 0. The molecule has 6 nitrogen and oxygen atoms in total. The molecule has 1 aromatic heterocycles. The van der Waals surface area contributed by atoms with E-state index in [-0.39, 0.29) is 0 Å². The van der Waals surface area contributed by atoms with Crippen LogP contribution >= 0.6 is 0 Å². The van der Waals surface area contributed by atoms with Crippen molar-refractivity contribution < 1.29 is 4.74 Å². The number of ether oxygens (including phenoxy) is 1. The Bertz CT molecular complexity index is 409. The first kappa shape index (κ1) is 16.5. The molecule has 0 aliphatic rings. The smallest absolute Gasteiger partial charge is 0.204 e. The van der Waals surface area contributed by atoms with Crippen LogP contribution in [0, 0.1) is 5.92 Å². The van der Waals surface area contributed by atoms with Gasteiger partial charge in [0, 0.05) is 26.7 Å². The number of rotatable bonds is 8. The lowest BCUT2D eigenvalue weighted by atomic mass is 10.2. The number of likely N-dealkylation sites (N-methyl/N-ethyl adjacent to an activating group) is 1. The molecule has 1 aromatic rings. The van der Waals surface area contributed by atoms with Crippen LogP contribution in [0.15, 0.2) is 6.33 Å². The highest BCUT2D eigenvalue weighted by atomic mass is 16.5. The van der Waals surface area contributed by atoms with Crippen molar-refractivity contribution in [3.05, 3.63) is 6.33 Å². The zero-order chi connectivity index (χ0) is 15.1. The summed E-state index contributed by atoms with van der Waals surface area (Å²) in [4.78, 5) is 13.0. The van der Waals surface area contributed by atoms with Crippen molar-refractivity contribution in [3.63, 3.8) is 0 Å². The molecular formula is C14H27N5O. The molecule has 0 radical (unpaired) electrons. The highest BCUT2D eigenvalue weighted by Crippen LogP contribution is 2.31. The van der Waals surface area contributed by atoms with Gasteiger partial charge in [0.05, 0.1) is 7.11 Å². The average molecular weight is 281 g/mol. The summed E-state index contributed by atoms with van der Waals surface area (Å²) in [6, 6.07) is 0. The highest BCUT2D eigenvalue weighted by molar-refractivity contribution is 5.64. The number of methoxy groups -OCH3 is 1. The summed E-state index contributed by atoms with van der Waals surface area (Å²) in [7, 11) is 7.64. The molecule has 0 aliphatic heterocycles. The first-order valence-corrected chi connectivity index (χ1v) is 6.96. The standard InChI is InChI=1S/C14H27N5O/c1-11(2)9-19(8-7-18(4)5)14-12(20-6)13(15-3)16-10-17-14/h10-11H,7-9H2,1-6H3,(H,15,16,17). The molecule has 20 heavy (non-hydrogen) atoms. The van der Waals surface area contributed by atoms with Crippen molar-refractivity contribution in [1.82, 2.24) is 14.9 Å². The minimum absolute atomic E-state index is 0.551. The van der Waals surface area contributed by atoms with Gasteiger partial charge in [0.25, 0.3) is 0 Å². The zero-order valence-corrected chi connectivity index (χ0v) is 13.5. The molecule has 0 aromatic carbocycles. The topological polar surface area (TPSA) is 53.5 Å². The fourth-order valence-electron chi connectivity index (χ4n) is 2.00. The third-order valence-corrected chi connectivity index (χ3v) is 2.93. The molecule has 0 unspecified atom stereocenters. The predicted molar refractivity (Wildman–Crippen MR) is 83.7 cm³/mol. The summed E-state index contributed by atoms with van der Waals surface area (Å²) < 4.78 is 5.49. The van der Waals surface area contributed by atoms with Gasteiger partial charge in [-0.2, -0.15) is 0 Å². The van der Waals surface area contributed by atoms with E-state index >= 15 is 0 Å². The van der Waals surface area contributed by atoms with Crippen molar-refractivity contribution in [3.8, 4) is 5.75 Å². The fraction of sp³-hybridized carbons (Fsp3) is 0.714. The van der Waals surface area contributed by atoms with Crippen molar-refractivity contribution in [2.45, 2.75) is 13.8 Å². The maximum atomic E-state index is 5.49. The van der Waals surface area contributed by atoms with Crippen molar-refractivity contribution in [2.24, 2.45) is 5.92 Å². The molecule has 0 saturated carbocycles. The summed E-state index contributed by atoms with van der Waals surface area (Å²) in [5.74, 6) is 2.82. The van der Waals surface area contributed by atoms with Crippen LogP contribution in [0.25, 0.3) is 0 Å². The molecule has 6 heteroatoms. The van der Waals surface area contributed by atoms with Gasteiger partial charge in [-0.05, 0) is 20.0 Å². The third kappa shape index (κ3) is 4.52. The lowest BCUT2D eigenvalue weighted by Crippen LogP contribution is -2.35. The predicted octanol–water partition coefficient (Wildman–Crippen LogP) is 1.55. The van der Waals surface area contributed by atoms with E-state index in [1.807, 2.05) is 7.05 Å². The molecule has 0 bridgehead atoms. The van der Waals surface area contributed by atoms with E-state index in [1.165, 1.54) is 0 Å². The summed E-state index contributed by atoms with van der Waals surface area (Å²) in [5, 5.41) is 3.05. The van der Waals surface area contributed by atoms with Gasteiger partial charge in [0.15, 0.2) is 11.6 Å². The monoisotopic (exact) mass is 281 g/mol. The molecule has 0 aliphatic carbocycles. The Morgan fingerprint density at radius 1 is 1.25 bits per heavy atom. The third-order valence-electron chi connectivity index (χ3n) is 2.93. The van der Waals surface area contributed by atoms with Gasteiger partial charge >= 0.3 is 0 Å². The minimum atomic E-state index is 0.551. The maximum absolute atomic E-state index is 5.49. The Kier molecular flexibility index (Phi) is 6.51. The fourth-order valence-corrected chi connectivity index (χ4v) is 2.00. The summed E-state index contributed by atoms with van der Waals surface area (Å²) in [5.41, 5.74) is 0. The molecule has 1 N–H and O–H groups in total. The highest BCUT2D eigenvalue weighted by Gasteiger charge is 2.18. The molecule has 114 valence electrons. The van der Waals surface area contributed by atoms with Crippen LogP contribution in [0.4, 0.5) is 11.6 Å². The zero-order valence-electron chi connectivity index (χ0n) is 13.5. The molecule has 0 fully saturated rings. The Labute approximate surface area is 122 Å². The average Bonchev–Trinajstić information content (AvgIpc) is 2.41. The number of hydrogen-bond donors (Lipinski definition) is 1. The second-order valence-electron chi connectivity index (χ2n) is 5.47. The molecule has 0 amide bonds. The Hall–Kier alpha value is -1.56. The van der Waals surface area contributed by atoms with Crippen molar-refractivity contribution in [1.29, 1.82) is 0 Å². The van der Waals surface area contributed by atoms with E-state index in [0.717, 1.165) is 31.3 Å². The largest absolute Gasteiger partial charge is 0.490 e. The lowest BCUT2D eigenvalue weighted by Gasteiger charge is -2.28. The quantitative estimate of drug-likeness (QED) is 0.780. The number of anilines is 2. The lowest BCUT2D eigenvalue weighted by molar-refractivity contribution is 0.397. The SMILES string of the molecule is CNc1ncnc(N(CCN(C)C)CC(C)C)c1OC. The van der Waals surface area contributed by atoms with Crippen LogP contribution in [0.2, 0.25) is 0 Å². The van der Waals surface area contributed by atoms with Gasteiger partial charge in [0.2, 0.25) is 5.75 Å². The number of aromatic nitrogens is 2. The maximum Gasteiger partial charge on any atom is 0.204 e. The van der Waals surface area contributed by atoms with Crippen LogP contribution in [0.1, 0.15) is 13.8 Å². The van der Waals surface area contributed by atoms with Gasteiger partial charge in [-0.3, -0.25) is 0 Å². The van der Waals surface area contributed by atoms with E-state index in [9.17, 15) is 0 Å². The van der Waals surface area contributed by atoms with Gasteiger partial charge < -0.3 is 19.9 Å². The van der Waals surface area contributed by atoms with E-state index in [1.54, 1.807) is 13.4 Å². The molecular weight excluding hydrogens is 254 g/mol. The van der Waals surface area contributed by atoms with E-state index in [2.05, 4.69) is 53.0 Å². The second-order valence-corrected chi connectivity index (χ2v) is 5.47. The number of hydrogen-bond acceptors (Lipinski definition) is 6. The van der Waals surface area contributed by atoms with Crippen molar-refractivity contribution >= 4 is 11.6 Å².